The van der Waals surface area contributed by atoms with Crippen LogP contribution in [0, 0.1) is 17.2 Å². The third-order valence-corrected chi connectivity index (χ3v) is 9.85. The Balaban J connectivity index is 1.19. The molecule has 2 atom stereocenters. The van der Waals surface area contributed by atoms with E-state index < -0.39 is 6.23 Å². The number of nitrogens with zero attached hydrogens (tertiary/aromatic N) is 3. The number of hydrogen-bond acceptors (Lipinski definition) is 7. The molecule has 204 valence electrons. The number of fused-ring (bicyclic) bond motifs is 1. The van der Waals surface area contributed by atoms with Crippen molar-refractivity contribution < 1.29 is 5.11 Å². The first-order chi connectivity index (χ1) is 19.0. The van der Waals surface area contributed by atoms with Gasteiger partial charge < -0.3 is 15.7 Å². The lowest BCUT2D eigenvalue weighted by molar-refractivity contribution is -0.00399. The Hall–Kier alpha value is -2.60. The minimum atomic E-state index is -0.451. The first kappa shape index (κ1) is 26.6. The summed E-state index contributed by atoms with van der Waals surface area (Å²) in [6.45, 7) is 8.77. The Morgan fingerprint density at radius 2 is 2.05 bits per heavy atom. The van der Waals surface area contributed by atoms with E-state index in [9.17, 15) is 10.4 Å². The highest BCUT2D eigenvalue weighted by Crippen LogP contribution is 2.54. The predicted octanol–water partition coefficient (Wildman–Crippen LogP) is 5.23. The van der Waals surface area contributed by atoms with Gasteiger partial charge in [0, 0.05) is 50.5 Å². The number of aromatic nitrogens is 1. The van der Waals surface area contributed by atoms with Crippen LogP contribution in [0.25, 0.3) is 21.0 Å². The van der Waals surface area contributed by atoms with Gasteiger partial charge in [-0.3, -0.25) is 4.90 Å². The van der Waals surface area contributed by atoms with Gasteiger partial charge in [0.15, 0.2) is 0 Å². The van der Waals surface area contributed by atoms with Crippen molar-refractivity contribution in [1.29, 1.82) is 5.26 Å². The summed E-state index contributed by atoms with van der Waals surface area (Å²) >= 11 is 1.71. The lowest BCUT2D eigenvalue weighted by atomic mass is 9.84. The maximum Gasteiger partial charge on any atom is 0.123 e. The quantitative estimate of drug-likeness (QED) is 0.344. The van der Waals surface area contributed by atoms with Crippen LogP contribution in [0.4, 0.5) is 0 Å². The fourth-order valence-electron chi connectivity index (χ4n) is 6.73. The second-order valence-electron chi connectivity index (χ2n) is 11.9. The lowest BCUT2D eigenvalue weighted by Crippen LogP contribution is -2.51. The molecule has 6 rings (SSSR count). The zero-order chi connectivity index (χ0) is 27.0. The number of aliphatic hydroxyl groups is 1. The summed E-state index contributed by atoms with van der Waals surface area (Å²) in [6, 6.07) is 15.7. The summed E-state index contributed by atoms with van der Waals surface area (Å²) in [4.78, 5) is 8.12. The molecule has 1 aliphatic heterocycles. The number of benzene rings is 2. The highest BCUT2D eigenvalue weighted by Gasteiger charge is 2.45. The van der Waals surface area contributed by atoms with Crippen LogP contribution in [0.5, 0.6) is 0 Å². The van der Waals surface area contributed by atoms with Gasteiger partial charge in [-0.15, -0.1) is 11.3 Å². The number of rotatable bonds is 9. The van der Waals surface area contributed by atoms with Crippen molar-refractivity contribution >= 4 is 11.3 Å². The molecular formula is C32H39N5OS. The van der Waals surface area contributed by atoms with Crippen molar-refractivity contribution in [3.63, 3.8) is 0 Å². The highest BCUT2D eigenvalue weighted by molar-refractivity contribution is 7.18. The third-order valence-electron chi connectivity index (χ3n) is 8.77. The zero-order valence-corrected chi connectivity index (χ0v) is 23.9. The van der Waals surface area contributed by atoms with Gasteiger partial charge in [0.05, 0.1) is 16.5 Å². The molecule has 1 saturated heterocycles. The van der Waals surface area contributed by atoms with Crippen molar-refractivity contribution in [2.24, 2.45) is 5.92 Å². The first-order valence-corrected chi connectivity index (χ1v) is 15.3. The van der Waals surface area contributed by atoms with Crippen molar-refractivity contribution in [2.45, 2.75) is 63.6 Å². The minimum absolute atomic E-state index is 0.196. The molecule has 1 saturated carbocycles. The topological polar surface area (TPSA) is 84.2 Å². The molecule has 2 fully saturated rings. The Morgan fingerprint density at radius 1 is 1.23 bits per heavy atom. The summed E-state index contributed by atoms with van der Waals surface area (Å²) < 4.78 is 0. The Labute approximate surface area is 236 Å². The van der Waals surface area contributed by atoms with E-state index in [4.69, 9.17) is 4.98 Å². The molecule has 2 heterocycles. The van der Waals surface area contributed by atoms with Gasteiger partial charge in [-0.25, -0.2) is 4.98 Å². The molecule has 39 heavy (non-hydrogen) atoms. The van der Waals surface area contributed by atoms with Crippen LogP contribution in [0.3, 0.4) is 0 Å². The molecule has 1 unspecified atom stereocenters. The fraction of sp³-hybridized carbons (Fsp3) is 0.500. The van der Waals surface area contributed by atoms with E-state index >= 15 is 0 Å². The Kier molecular flexibility index (Phi) is 7.58. The summed E-state index contributed by atoms with van der Waals surface area (Å²) in [5.74, 6) is 0.625. The molecule has 3 aliphatic rings. The second-order valence-corrected chi connectivity index (χ2v) is 13.0. The molecule has 1 aromatic heterocycles. The number of nitrogens with one attached hydrogen (secondary N) is 2. The molecule has 3 N–H and O–H groups in total. The van der Waals surface area contributed by atoms with E-state index in [0.29, 0.717) is 12.5 Å². The molecule has 6 nitrogen and oxygen atoms in total. The van der Waals surface area contributed by atoms with Crippen LogP contribution < -0.4 is 10.6 Å². The van der Waals surface area contributed by atoms with Gasteiger partial charge in [0.2, 0.25) is 0 Å². The number of nitriles is 1. The van der Waals surface area contributed by atoms with Crippen LogP contribution >= 0.6 is 11.3 Å². The largest absolute Gasteiger partial charge is 0.377 e. The molecule has 7 heteroatoms. The van der Waals surface area contributed by atoms with E-state index in [1.807, 2.05) is 6.20 Å². The molecule has 0 radical (unpaired) electrons. The normalized spacial score (nSPS) is 21.1. The van der Waals surface area contributed by atoms with Crippen molar-refractivity contribution in [1.82, 2.24) is 20.5 Å². The lowest BCUT2D eigenvalue weighted by Gasteiger charge is -2.32. The molecule has 0 spiro atoms. The van der Waals surface area contributed by atoms with Gasteiger partial charge in [0.25, 0.3) is 0 Å². The highest BCUT2D eigenvalue weighted by atomic mass is 32.1. The number of hydrogen-bond donors (Lipinski definition) is 3. The summed E-state index contributed by atoms with van der Waals surface area (Å²) in [6.07, 6.45) is 7.11. The zero-order valence-electron chi connectivity index (χ0n) is 23.0. The third kappa shape index (κ3) is 5.41. The number of thiazole rings is 1. The smallest absolute Gasteiger partial charge is 0.123 e. The van der Waals surface area contributed by atoms with Gasteiger partial charge in [-0.1, -0.05) is 44.2 Å². The second kappa shape index (κ2) is 11.1. The van der Waals surface area contributed by atoms with Gasteiger partial charge in [-0.2, -0.15) is 5.26 Å². The van der Waals surface area contributed by atoms with E-state index in [1.165, 1.54) is 40.0 Å². The van der Waals surface area contributed by atoms with Gasteiger partial charge in [0.1, 0.15) is 11.2 Å². The van der Waals surface area contributed by atoms with Crippen molar-refractivity contribution in [2.75, 3.05) is 32.7 Å². The monoisotopic (exact) mass is 541 g/mol. The van der Waals surface area contributed by atoms with Crippen molar-refractivity contribution in [3.8, 4) is 27.1 Å². The van der Waals surface area contributed by atoms with E-state index in [2.05, 4.69) is 71.8 Å². The maximum absolute atomic E-state index is 10.7. The maximum atomic E-state index is 10.7. The Bertz CT molecular complexity index is 1370. The van der Waals surface area contributed by atoms with E-state index in [1.54, 1.807) is 11.3 Å². The summed E-state index contributed by atoms with van der Waals surface area (Å²) in [5.41, 5.74) is 7.24. The molecule has 2 aliphatic carbocycles. The van der Waals surface area contributed by atoms with Crippen LogP contribution in [-0.4, -0.2) is 53.9 Å². The standard InChI is InChI=1S/C32H39N5OS/c1-21(2)17-32(10-11-32)27-8-6-22(16-23(27)18-33)31-36-19-29(39-31)26-5-3-4-25-24(26)7-9-28(25)35-20-30(38)37-14-12-34-13-15-37/h3-6,8,16,19,21,28,30,34-35,38H,7,9-15,17,20H2,1-2H3/t28-,30?/m0/s1. The summed E-state index contributed by atoms with van der Waals surface area (Å²) in [7, 11) is 0. The Morgan fingerprint density at radius 3 is 2.79 bits per heavy atom. The number of aliphatic hydroxyl groups excluding tert-OH is 1. The molecule has 0 bridgehead atoms. The first-order valence-electron chi connectivity index (χ1n) is 14.5. The molecule has 2 aromatic carbocycles. The van der Waals surface area contributed by atoms with Crippen LogP contribution in [-0.2, 0) is 11.8 Å². The van der Waals surface area contributed by atoms with E-state index in [-0.39, 0.29) is 11.5 Å². The van der Waals surface area contributed by atoms with Crippen LogP contribution in [0.15, 0.2) is 42.6 Å². The molecule has 3 aromatic rings. The predicted molar refractivity (Wildman–Crippen MR) is 158 cm³/mol. The molecular weight excluding hydrogens is 502 g/mol. The van der Waals surface area contributed by atoms with Crippen LogP contribution in [0.1, 0.15) is 67.8 Å². The van der Waals surface area contributed by atoms with Crippen molar-refractivity contribution in [3.05, 3.63) is 64.8 Å². The van der Waals surface area contributed by atoms with Gasteiger partial charge >= 0.3 is 0 Å². The van der Waals surface area contributed by atoms with E-state index in [0.717, 1.165) is 61.6 Å². The fourth-order valence-corrected chi connectivity index (χ4v) is 7.70. The van der Waals surface area contributed by atoms with Crippen LogP contribution in [0.2, 0.25) is 0 Å². The SMILES string of the molecule is CC(C)CC1(c2ccc(-c3ncc(-c4cccc5c4CC[C@@H]5NCC(O)N4CCNCC4)s3)cc2C#N)CC1. The average Bonchev–Trinajstić information content (AvgIpc) is 3.36. The summed E-state index contributed by atoms with van der Waals surface area (Å²) in [5, 5.41) is 28.6. The average molecular weight is 542 g/mol. The number of piperazine rings is 1. The van der Waals surface area contributed by atoms with Gasteiger partial charge in [-0.05, 0) is 71.8 Å². The molecule has 0 amide bonds. The minimum Gasteiger partial charge on any atom is -0.377 e.